The van der Waals surface area contributed by atoms with Crippen LogP contribution < -0.4 is 0 Å². The number of carbonyl (C=O) groups excluding carboxylic acids is 1. The van der Waals surface area contributed by atoms with E-state index in [2.05, 4.69) is 0 Å². The maximum absolute atomic E-state index is 11.4. The van der Waals surface area contributed by atoms with Gasteiger partial charge in [-0.1, -0.05) is 12.1 Å². The summed E-state index contributed by atoms with van der Waals surface area (Å²) in [6.45, 7) is 3.15. The molecule has 0 spiro atoms. The van der Waals surface area contributed by atoms with Gasteiger partial charge in [0.15, 0.2) is 9.84 Å². The van der Waals surface area contributed by atoms with E-state index in [1.165, 1.54) is 13.2 Å². The molecule has 0 radical (unpaired) electrons. The molecule has 104 valence electrons. The molecule has 0 N–H and O–H groups in total. The van der Waals surface area contributed by atoms with Gasteiger partial charge in [-0.05, 0) is 17.7 Å². The molecule has 1 aliphatic rings. The number of nitrogens with zero attached hydrogens (tertiary/aromatic N) is 1. The second-order valence-electron chi connectivity index (χ2n) is 4.67. The normalized spacial score (nSPS) is 20.3. The highest BCUT2D eigenvalue weighted by Gasteiger charge is 2.23. The summed E-state index contributed by atoms with van der Waals surface area (Å²) in [6.07, 6.45) is 0.989. The van der Waals surface area contributed by atoms with Crippen LogP contribution in [-0.4, -0.2) is 45.2 Å². The summed E-state index contributed by atoms with van der Waals surface area (Å²) in [7, 11) is -3.18. The summed E-state index contributed by atoms with van der Waals surface area (Å²) in [5.74, 6) is 0.0288. The third-order valence-corrected chi connectivity index (χ3v) is 4.32. The van der Waals surface area contributed by atoms with Gasteiger partial charge in [0.25, 0.3) is 0 Å². The van der Waals surface area contributed by atoms with Gasteiger partial charge >= 0.3 is 0 Å². The number of hydrogen-bond donors (Lipinski definition) is 0. The summed E-state index contributed by atoms with van der Waals surface area (Å²) in [5.41, 5.74) is 0.887. The van der Waals surface area contributed by atoms with Gasteiger partial charge < -0.3 is 9.64 Å². The molecule has 6 heteroatoms. The van der Waals surface area contributed by atoms with Gasteiger partial charge in [0.2, 0.25) is 5.91 Å². The van der Waals surface area contributed by atoms with E-state index in [9.17, 15) is 13.2 Å². The van der Waals surface area contributed by atoms with Crippen molar-refractivity contribution in [1.29, 1.82) is 0 Å². The second kappa shape index (κ2) is 5.30. The molecule has 2 rings (SSSR count). The maximum Gasteiger partial charge on any atom is 0.219 e. The number of amides is 1. The Morgan fingerprint density at radius 1 is 1.32 bits per heavy atom. The molecule has 1 fully saturated rings. The van der Waals surface area contributed by atoms with Gasteiger partial charge in [0.05, 0.1) is 18.0 Å². The van der Waals surface area contributed by atoms with Crippen LogP contribution in [0.5, 0.6) is 0 Å². The minimum atomic E-state index is -3.18. The lowest BCUT2D eigenvalue weighted by molar-refractivity contribution is -0.136. The van der Waals surface area contributed by atoms with Crippen LogP contribution >= 0.6 is 0 Å². The lowest BCUT2D eigenvalue weighted by Gasteiger charge is -2.32. The van der Waals surface area contributed by atoms with Crippen molar-refractivity contribution in [2.45, 2.75) is 17.9 Å². The van der Waals surface area contributed by atoms with Crippen LogP contribution in [0, 0.1) is 0 Å². The molecule has 1 saturated heterocycles. The molecule has 1 unspecified atom stereocenters. The van der Waals surface area contributed by atoms with E-state index in [4.69, 9.17) is 4.74 Å². The number of morpholine rings is 1. The van der Waals surface area contributed by atoms with E-state index in [0.717, 1.165) is 5.56 Å². The molecule has 1 amide bonds. The Hall–Kier alpha value is -1.40. The molecule has 1 aliphatic heterocycles. The number of ether oxygens (including phenoxy) is 1. The van der Waals surface area contributed by atoms with E-state index < -0.39 is 9.84 Å². The van der Waals surface area contributed by atoms with Crippen LogP contribution in [0.2, 0.25) is 0 Å². The van der Waals surface area contributed by atoms with E-state index >= 15 is 0 Å². The quantitative estimate of drug-likeness (QED) is 0.812. The monoisotopic (exact) mass is 283 g/mol. The number of hydrogen-bond acceptors (Lipinski definition) is 4. The first kappa shape index (κ1) is 14.0. The molecule has 1 atom stereocenters. The SMILES string of the molecule is CC(=O)N1CCOC(c2ccc(S(C)(=O)=O)cc2)C1. The second-order valence-corrected chi connectivity index (χ2v) is 6.68. The Bertz CT molecular complexity index is 565. The molecule has 1 aromatic rings. The minimum Gasteiger partial charge on any atom is -0.370 e. The number of sulfone groups is 1. The molecule has 1 aromatic carbocycles. The van der Waals surface area contributed by atoms with Gasteiger partial charge in [-0.3, -0.25) is 4.79 Å². The van der Waals surface area contributed by atoms with Gasteiger partial charge in [-0.2, -0.15) is 0 Å². The molecule has 5 nitrogen and oxygen atoms in total. The van der Waals surface area contributed by atoms with Crippen LogP contribution in [0.1, 0.15) is 18.6 Å². The van der Waals surface area contributed by atoms with Crippen molar-refractivity contribution >= 4 is 15.7 Å². The zero-order chi connectivity index (χ0) is 14.0. The summed E-state index contributed by atoms with van der Waals surface area (Å²) >= 11 is 0. The molecule has 0 saturated carbocycles. The van der Waals surface area contributed by atoms with Crippen LogP contribution in [0.3, 0.4) is 0 Å². The predicted octanol–water partition coefficient (Wildman–Crippen LogP) is 1.01. The molecular formula is C13H17NO4S. The lowest BCUT2D eigenvalue weighted by Crippen LogP contribution is -2.41. The van der Waals surface area contributed by atoms with Gasteiger partial charge in [0.1, 0.15) is 6.10 Å². The number of rotatable bonds is 2. The minimum absolute atomic E-state index is 0.0288. The molecule has 1 heterocycles. The van der Waals surface area contributed by atoms with E-state index in [-0.39, 0.29) is 16.9 Å². The van der Waals surface area contributed by atoms with Crippen molar-refractivity contribution in [3.63, 3.8) is 0 Å². The fourth-order valence-electron chi connectivity index (χ4n) is 2.07. The third-order valence-electron chi connectivity index (χ3n) is 3.19. The van der Waals surface area contributed by atoms with Crippen LogP contribution in [0.4, 0.5) is 0 Å². The fraction of sp³-hybridized carbons (Fsp3) is 0.462. The van der Waals surface area contributed by atoms with Gasteiger partial charge in [-0.15, -0.1) is 0 Å². The molecule has 0 aliphatic carbocycles. The van der Waals surface area contributed by atoms with Crippen molar-refractivity contribution in [1.82, 2.24) is 4.90 Å². The largest absolute Gasteiger partial charge is 0.370 e. The van der Waals surface area contributed by atoms with Crippen molar-refractivity contribution in [3.8, 4) is 0 Å². The highest BCUT2D eigenvalue weighted by atomic mass is 32.2. The Morgan fingerprint density at radius 2 is 1.95 bits per heavy atom. The van der Waals surface area contributed by atoms with Crippen LogP contribution in [-0.2, 0) is 19.4 Å². The first-order chi connectivity index (χ1) is 8.88. The topological polar surface area (TPSA) is 63.7 Å². The highest BCUT2D eigenvalue weighted by molar-refractivity contribution is 7.90. The van der Waals surface area contributed by atoms with Crippen LogP contribution in [0.15, 0.2) is 29.2 Å². The average Bonchev–Trinajstić information content (AvgIpc) is 2.38. The average molecular weight is 283 g/mol. The maximum atomic E-state index is 11.4. The Morgan fingerprint density at radius 3 is 2.47 bits per heavy atom. The number of carbonyl (C=O) groups is 1. The highest BCUT2D eigenvalue weighted by Crippen LogP contribution is 2.23. The smallest absolute Gasteiger partial charge is 0.219 e. The standard InChI is InChI=1S/C13H17NO4S/c1-10(15)14-7-8-18-13(9-14)11-3-5-12(6-4-11)19(2,16)17/h3-6,13H,7-9H2,1-2H3. The third kappa shape index (κ3) is 3.33. The van der Waals surface area contributed by atoms with Crippen molar-refractivity contribution in [3.05, 3.63) is 29.8 Å². The van der Waals surface area contributed by atoms with E-state index in [1.54, 1.807) is 29.2 Å². The molecule has 0 aromatic heterocycles. The van der Waals surface area contributed by atoms with Crippen molar-refractivity contribution in [2.75, 3.05) is 26.0 Å². The molecular weight excluding hydrogens is 266 g/mol. The molecule has 19 heavy (non-hydrogen) atoms. The summed E-state index contributed by atoms with van der Waals surface area (Å²) < 4.78 is 28.4. The van der Waals surface area contributed by atoms with Gasteiger partial charge in [0, 0.05) is 19.7 Å². The van der Waals surface area contributed by atoms with Crippen molar-refractivity contribution in [2.24, 2.45) is 0 Å². The Balaban J connectivity index is 2.16. The van der Waals surface area contributed by atoms with Crippen LogP contribution in [0.25, 0.3) is 0 Å². The Kier molecular flexibility index (Phi) is 3.91. The zero-order valence-corrected chi connectivity index (χ0v) is 11.8. The zero-order valence-electron chi connectivity index (χ0n) is 11.0. The van der Waals surface area contributed by atoms with E-state index in [1.807, 2.05) is 0 Å². The first-order valence-corrected chi connectivity index (χ1v) is 7.94. The number of benzene rings is 1. The first-order valence-electron chi connectivity index (χ1n) is 6.05. The summed E-state index contributed by atoms with van der Waals surface area (Å²) in [5, 5.41) is 0. The molecule has 0 bridgehead atoms. The van der Waals surface area contributed by atoms with E-state index in [0.29, 0.717) is 19.7 Å². The summed E-state index contributed by atoms with van der Waals surface area (Å²) in [4.78, 5) is 13.4. The van der Waals surface area contributed by atoms with Gasteiger partial charge in [-0.25, -0.2) is 8.42 Å². The lowest BCUT2D eigenvalue weighted by atomic mass is 10.1. The predicted molar refractivity (Wildman–Crippen MR) is 70.5 cm³/mol. The van der Waals surface area contributed by atoms with Crippen molar-refractivity contribution < 1.29 is 17.9 Å². The summed E-state index contributed by atoms with van der Waals surface area (Å²) in [6, 6.07) is 6.62. The Labute approximate surface area is 113 Å². The fourth-order valence-corrected chi connectivity index (χ4v) is 2.70.